The van der Waals surface area contributed by atoms with E-state index >= 15 is 0 Å². The Kier molecular flexibility index (Phi) is 3.39. The molecule has 0 amide bonds. The Morgan fingerprint density at radius 2 is 1.89 bits per heavy atom. The van der Waals surface area contributed by atoms with Gasteiger partial charge in [-0.25, -0.2) is 8.42 Å². The lowest BCUT2D eigenvalue weighted by molar-refractivity contribution is 0.119. The molecule has 1 heterocycles. The Bertz CT molecular complexity index is 561. The number of sulfone groups is 1. The van der Waals surface area contributed by atoms with Gasteiger partial charge in [0.1, 0.15) is 0 Å². The Hall–Kier alpha value is -0.870. The zero-order chi connectivity index (χ0) is 13.5. The first-order valence-corrected chi connectivity index (χ1v) is 8.86. The van der Waals surface area contributed by atoms with Gasteiger partial charge < -0.3 is 5.11 Å². The molecule has 104 valence electrons. The molecule has 19 heavy (non-hydrogen) atoms. The predicted octanol–water partition coefficient (Wildman–Crippen LogP) is 2.42. The summed E-state index contributed by atoms with van der Waals surface area (Å²) in [5, 5.41) is 10.5. The predicted molar refractivity (Wildman–Crippen MR) is 74.8 cm³/mol. The third kappa shape index (κ3) is 2.56. The number of aliphatic hydroxyl groups excluding tert-OH is 1. The van der Waals surface area contributed by atoms with E-state index < -0.39 is 15.9 Å². The first-order valence-electron chi connectivity index (χ1n) is 7.04. The molecule has 2 aliphatic rings. The van der Waals surface area contributed by atoms with Crippen LogP contribution in [-0.4, -0.2) is 25.0 Å². The van der Waals surface area contributed by atoms with Crippen LogP contribution in [0.15, 0.2) is 24.3 Å². The number of rotatable bonds is 3. The molecule has 1 aromatic carbocycles. The van der Waals surface area contributed by atoms with Crippen molar-refractivity contribution < 1.29 is 13.5 Å². The molecule has 1 saturated carbocycles. The number of hydrogen-bond acceptors (Lipinski definition) is 3. The van der Waals surface area contributed by atoms with Crippen molar-refractivity contribution in [3.8, 4) is 0 Å². The average molecular weight is 280 g/mol. The van der Waals surface area contributed by atoms with Gasteiger partial charge in [0, 0.05) is 5.92 Å². The van der Waals surface area contributed by atoms with Crippen molar-refractivity contribution in [1.82, 2.24) is 0 Å². The average Bonchev–Trinajstić information content (AvgIpc) is 2.67. The molecule has 2 atom stereocenters. The van der Waals surface area contributed by atoms with E-state index in [1.54, 1.807) is 0 Å². The lowest BCUT2D eigenvalue weighted by Gasteiger charge is -2.30. The minimum absolute atomic E-state index is 0.132. The summed E-state index contributed by atoms with van der Waals surface area (Å²) in [7, 11) is -2.93. The van der Waals surface area contributed by atoms with E-state index in [9.17, 15) is 13.5 Å². The molecule has 1 N–H and O–H groups in total. The third-order valence-electron chi connectivity index (χ3n) is 4.57. The van der Waals surface area contributed by atoms with E-state index in [4.69, 9.17) is 0 Å². The first kappa shape index (κ1) is 13.1. The van der Waals surface area contributed by atoms with Crippen LogP contribution in [-0.2, 0) is 9.84 Å². The maximum absolute atomic E-state index is 11.6. The van der Waals surface area contributed by atoms with E-state index in [-0.39, 0.29) is 17.4 Å². The normalized spacial score (nSPS) is 27.9. The second-order valence-corrected chi connectivity index (χ2v) is 8.09. The van der Waals surface area contributed by atoms with Crippen LogP contribution < -0.4 is 0 Å². The fraction of sp³-hybridized carbons (Fsp3) is 0.600. The van der Waals surface area contributed by atoms with Gasteiger partial charge in [-0.2, -0.15) is 0 Å². The van der Waals surface area contributed by atoms with Crippen LogP contribution in [0.25, 0.3) is 0 Å². The second-order valence-electron chi connectivity index (χ2n) is 5.86. The molecular formula is C15H20O3S. The highest BCUT2D eigenvalue weighted by Crippen LogP contribution is 2.41. The van der Waals surface area contributed by atoms with Gasteiger partial charge in [-0.1, -0.05) is 30.7 Å². The lowest BCUT2D eigenvalue weighted by Crippen LogP contribution is -2.18. The van der Waals surface area contributed by atoms with Crippen LogP contribution in [0.4, 0.5) is 0 Å². The summed E-state index contributed by atoms with van der Waals surface area (Å²) in [4.78, 5) is 0. The monoisotopic (exact) mass is 280 g/mol. The van der Waals surface area contributed by atoms with Gasteiger partial charge in [-0.15, -0.1) is 0 Å². The van der Waals surface area contributed by atoms with E-state index in [0.717, 1.165) is 5.56 Å². The van der Waals surface area contributed by atoms with Crippen molar-refractivity contribution in [2.24, 2.45) is 5.92 Å². The minimum Gasteiger partial charge on any atom is -0.388 e. The van der Waals surface area contributed by atoms with Crippen LogP contribution >= 0.6 is 0 Å². The van der Waals surface area contributed by atoms with Gasteiger partial charge >= 0.3 is 0 Å². The molecule has 2 fully saturated rings. The van der Waals surface area contributed by atoms with Crippen LogP contribution in [0, 0.1) is 5.92 Å². The highest BCUT2D eigenvalue weighted by molar-refractivity contribution is 7.91. The Balaban J connectivity index is 1.85. The van der Waals surface area contributed by atoms with Gasteiger partial charge in [0.05, 0.1) is 17.6 Å². The van der Waals surface area contributed by atoms with E-state index in [1.807, 2.05) is 18.2 Å². The van der Waals surface area contributed by atoms with E-state index in [0.29, 0.717) is 12.3 Å². The topological polar surface area (TPSA) is 54.4 Å². The van der Waals surface area contributed by atoms with Crippen LogP contribution in [0.3, 0.4) is 0 Å². The Morgan fingerprint density at radius 3 is 2.47 bits per heavy atom. The van der Waals surface area contributed by atoms with Gasteiger partial charge in [0.15, 0.2) is 9.84 Å². The van der Waals surface area contributed by atoms with Crippen molar-refractivity contribution in [2.45, 2.75) is 37.7 Å². The van der Waals surface area contributed by atoms with Crippen molar-refractivity contribution in [2.75, 3.05) is 11.5 Å². The molecule has 3 rings (SSSR count). The SMILES string of the molecule is O=S1(=O)CCC(C(O)c2ccccc2C2CCC2)C1. The van der Waals surface area contributed by atoms with Crippen LogP contribution in [0.2, 0.25) is 0 Å². The van der Waals surface area contributed by atoms with Gasteiger partial charge in [-0.05, 0) is 36.3 Å². The molecule has 1 aliphatic carbocycles. The van der Waals surface area contributed by atoms with Crippen LogP contribution in [0.5, 0.6) is 0 Å². The van der Waals surface area contributed by atoms with Crippen molar-refractivity contribution in [3.63, 3.8) is 0 Å². The summed E-state index contributed by atoms with van der Waals surface area (Å²) < 4.78 is 23.1. The quantitative estimate of drug-likeness (QED) is 0.925. The summed E-state index contributed by atoms with van der Waals surface area (Å²) in [6.45, 7) is 0. The molecule has 0 radical (unpaired) electrons. The Labute approximate surface area is 114 Å². The summed E-state index contributed by atoms with van der Waals surface area (Å²) in [6.07, 6.45) is 3.59. The van der Waals surface area contributed by atoms with Gasteiger partial charge in [0.2, 0.25) is 0 Å². The van der Waals surface area contributed by atoms with Crippen molar-refractivity contribution in [3.05, 3.63) is 35.4 Å². The zero-order valence-electron chi connectivity index (χ0n) is 11.0. The highest BCUT2D eigenvalue weighted by Gasteiger charge is 2.35. The lowest BCUT2D eigenvalue weighted by atomic mass is 9.76. The maximum Gasteiger partial charge on any atom is 0.150 e. The minimum atomic E-state index is -2.93. The molecule has 1 aromatic rings. The van der Waals surface area contributed by atoms with Crippen LogP contribution in [0.1, 0.15) is 48.8 Å². The fourth-order valence-corrected chi connectivity index (χ4v) is 5.03. The Morgan fingerprint density at radius 1 is 1.16 bits per heavy atom. The summed E-state index contributed by atoms with van der Waals surface area (Å²) >= 11 is 0. The smallest absolute Gasteiger partial charge is 0.150 e. The molecule has 4 heteroatoms. The van der Waals surface area contributed by atoms with Gasteiger partial charge in [-0.3, -0.25) is 0 Å². The standard InChI is InChI=1S/C15H20O3S/c16-15(12-8-9-19(17,18)10-12)14-7-2-1-6-13(14)11-4-3-5-11/h1-2,6-7,11-12,15-16H,3-5,8-10H2. The van der Waals surface area contributed by atoms with Gasteiger partial charge in [0.25, 0.3) is 0 Å². The molecule has 3 nitrogen and oxygen atoms in total. The number of hydrogen-bond donors (Lipinski definition) is 1. The van der Waals surface area contributed by atoms with Crippen molar-refractivity contribution >= 4 is 9.84 Å². The second kappa shape index (κ2) is 4.91. The van der Waals surface area contributed by atoms with E-state index in [2.05, 4.69) is 6.07 Å². The zero-order valence-corrected chi connectivity index (χ0v) is 11.8. The molecule has 1 saturated heterocycles. The summed E-state index contributed by atoms with van der Waals surface area (Å²) in [6, 6.07) is 7.99. The highest BCUT2D eigenvalue weighted by atomic mass is 32.2. The summed E-state index contributed by atoms with van der Waals surface area (Å²) in [5.74, 6) is 0.781. The largest absolute Gasteiger partial charge is 0.388 e. The molecule has 0 spiro atoms. The maximum atomic E-state index is 11.6. The number of benzene rings is 1. The molecular weight excluding hydrogens is 260 g/mol. The third-order valence-corrected chi connectivity index (χ3v) is 6.37. The van der Waals surface area contributed by atoms with E-state index in [1.165, 1.54) is 24.8 Å². The molecule has 2 unspecified atom stereocenters. The molecule has 0 bridgehead atoms. The summed E-state index contributed by atoms with van der Waals surface area (Å²) in [5.41, 5.74) is 2.18. The molecule has 0 aromatic heterocycles. The molecule has 1 aliphatic heterocycles. The van der Waals surface area contributed by atoms with Crippen molar-refractivity contribution in [1.29, 1.82) is 0 Å². The fourth-order valence-electron chi connectivity index (χ4n) is 3.20. The number of aliphatic hydroxyl groups is 1. The first-order chi connectivity index (χ1) is 9.07.